The third-order valence-corrected chi connectivity index (χ3v) is 5.06. The lowest BCUT2D eigenvalue weighted by molar-refractivity contribution is -0.0520. The van der Waals surface area contributed by atoms with Gasteiger partial charge in [0.15, 0.2) is 11.7 Å². The molecule has 130 valence electrons. The zero-order chi connectivity index (χ0) is 17.7. The Morgan fingerprint density at radius 1 is 1.12 bits per heavy atom. The van der Waals surface area contributed by atoms with Crippen LogP contribution < -0.4 is 9.47 Å². The SMILES string of the molecule is CC1Oc2cc(Cl)c(Cl)cc2C(Oc2noc3cc(Cl)ccc23)[C@@H]1O. The van der Waals surface area contributed by atoms with Crippen LogP contribution >= 0.6 is 34.8 Å². The summed E-state index contributed by atoms with van der Waals surface area (Å²) in [6.45, 7) is 1.74. The largest absolute Gasteiger partial charge is 0.487 e. The number of aliphatic hydroxyl groups is 1. The minimum atomic E-state index is -0.927. The van der Waals surface area contributed by atoms with Crippen LogP contribution in [0.15, 0.2) is 34.9 Å². The van der Waals surface area contributed by atoms with Gasteiger partial charge in [0.2, 0.25) is 0 Å². The standard InChI is InChI=1S/C17H12Cl3NO4/c1-7-15(22)16(10-5-11(19)12(20)6-13(10)23-7)24-17-9-3-2-8(18)4-14(9)25-21-17/h2-7,15-16,22H,1H3/t7?,15-,16?/m1/s1. The van der Waals surface area contributed by atoms with Crippen molar-refractivity contribution in [2.45, 2.75) is 25.2 Å². The molecule has 0 saturated heterocycles. The van der Waals surface area contributed by atoms with Crippen molar-refractivity contribution in [1.82, 2.24) is 5.16 Å². The van der Waals surface area contributed by atoms with Crippen LogP contribution in [0, 0.1) is 0 Å². The highest BCUT2D eigenvalue weighted by molar-refractivity contribution is 6.42. The fourth-order valence-electron chi connectivity index (χ4n) is 2.80. The maximum Gasteiger partial charge on any atom is 0.262 e. The Labute approximate surface area is 158 Å². The first-order valence-electron chi connectivity index (χ1n) is 7.49. The van der Waals surface area contributed by atoms with Gasteiger partial charge < -0.3 is 19.1 Å². The summed E-state index contributed by atoms with van der Waals surface area (Å²) >= 11 is 18.1. The van der Waals surface area contributed by atoms with Crippen LogP contribution in [0.4, 0.5) is 0 Å². The molecule has 3 atom stereocenters. The Hall–Kier alpha value is -1.66. The van der Waals surface area contributed by atoms with E-state index in [4.69, 9.17) is 48.8 Å². The van der Waals surface area contributed by atoms with E-state index >= 15 is 0 Å². The van der Waals surface area contributed by atoms with E-state index in [0.717, 1.165) is 0 Å². The molecule has 0 amide bonds. The number of ether oxygens (including phenoxy) is 2. The second-order valence-corrected chi connectivity index (χ2v) is 7.04. The highest BCUT2D eigenvalue weighted by atomic mass is 35.5. The van der Waals surface area contributed by atoms with Gasteiger partial charge >= 0.3 is 0 Å². The number of aromatic nitrogens is 1. The summed E-state index contributed by atoms with van der Waals surface area (Å²) in [5.41, 5.74) is 1.08. The average Bonchev–Trinajstić information content (AvgIpc) is 2.96. The van der Waals surface area contributed by atoms with Crippen molar-refractivity contribution in [3.63, 3.8) is 0 Å². The van der Waals surface area contributed by atoms with E-state index in [0.29, 0.717) is 37.4 Å². The number of fused-ring (bicyclic) bond motifs is 2. The zero-order valence-corrected chi connectivity index (χ0v) is 15.1. The van der Waals surface area contributed by atoms with Gasteiger partial charge in [-0.25, -0.2) is 0 Å². The van der Waals surface area contributed by atoms with Gasteiger partial charge in [0, 0.05) is 22.7 Å². The van der Waals surface area contributed by atoms with Gasteiger partial charge in [-0.2, -0.15) is 0 Å². The summed E-state index contributed by atoms with van der Waals surface area (Å²) in [5, 5.41) is 16.4. The Morgan fingerprint density at radius 2 is 1.88 bits per heavy atom. The molecular formula is C17H12Cl3NO4. The average molecular weight is 401 g/mol. The van der Waals surface area contributed by atoms with Crippen molar-refractivity contribution in [2.75, 3.05) is 0 Å². The topological polar surface area (TPSA) is 64.7 Å². The van der Waals surface area contributed by atoms with Crippen LogP contribution in [0.1, 0.15) is 18.6 Å². The minimum Gasteiger partial charge on any atom is -0.487 e. The molecule has 2 aromatic carbocycles. The van der Waals surface area contributed by atoms with E-state index in [-0.39, 0.29) is 5.88 Å². The smallest absolute Gasteiger partial charge is 0.262 e. The van der Waals surface area contributed by atoms with E-state index in [1.165, 1.54) is 0 Å². The van der Waals surface area contributed by atoms with Gasteiger partial charge in [0.05, 0.1) is 15.4 Å². The van der Waals surface area contributed by atoms with E-state index in [9.17, 15) is 5.11 Å². The van der Waals surface area contributed by atoms with Crippen molar-refractivity contribution >= 4 is 45.8 Å². The Kier molecular flexibility index (Phi) is 4.20. The van der Waals surface area contributed by atoms with E-state index in [1.807, 2.05) is 0 Å². The molecule has 0 bridgehead atoms. The summed E-state index contributed by atoms with van der Waals surface area (Å²) in [5.74, 6) is 0.759. The van der Waals surface area contributed by atoms with E-state index in [2.05, 4.69) is 5.16 Å². The summed E-state index contributed by atoms with van der Waals surface area (Å²) in [4.78, 5) is 0. The molecule has 1 aromatic heterocycles. The molecule has 1 aliphatic rings. The van der Waals surface area contributed by atoms with Crippen molar-refractivity contribution in [2.24, 2.45) is 0 Å². The summed E-state index contributed by atoms with van der Waals surface area (Å²) in [6, 6.07) is 8.33. The maximum atomic E-state index is 10.6. The summed E-state index contributed by atoms with van der Waals surface area (Å²) < 4.78 is 16.9. The Bertz CT molecular complexity index is 958. The molecule has 2 unspecified atom stereocenters. The van der Waals surface area contributed by atoms with Crippen molar-refractivity contribution in [3.8, 4) is 11.6 Å². The normalized spacial score (nSPS) is 22.5. The van der Waals surface area contributed by atoms with Gasteiger partial charge in [0.25, 0.3) is 5.88 Å². The summed E-state index contributed by atoms with van der Waals surface area (Å²) in [6.07, 6.45) is -2.16. The molecule has 3 aromatic rings. The quantitative estimate of drug-likeness (QED) is 0.652. The molecule has 0 aliphatic carbocycles. The van der Waals surface area contributed by atoms with Crippen LogP contribution in [0.2, 0.25) is 15.1 Å². The number of nitrogens with zero attached hydrogens (tertiary/aromatic N) is 1. The highest BCUT2D eigenvalue weighted by Crippen LogP contribution is 2.42. The molecule has 4 rings (SSSR count). The molecule has 5 nitrogen and oxygen atoms in total. The van der Waals surface area contributed by atoms with Crippen molar-refractivity contribution < 1.29 is 19.1 Å². The lowest BCUT2D eigenvalue weighted by atomic mass is 9.96. The van der Waals surface area contributed by atoms with Crippen LogP contribution in [0.5, 0.6) is 11.6 Å². The van der Waals surface area contributed by atoms with Gasteiger partial charge in [-0.1, -0.05) is 34.8 Å². The molecular weight excluding hydrogens is 389 g/mol. The monoisotopic (exact) mass is 399 g/mol. The highest BCUT2D eigenvalue weighted by Gasteiger charge is 2.38. The molecule has 0 fully saturated rings. The fraction of sp³-hybridized carbons (Fsp3) is 0.235. The van der Waals surface area contributed by atoms with Gasteiger partial charge in [-0.05, 0) is 30.3 Å². The maximum absolute atomic E-state index is 10.6. The van der Waals surface area contributed by atoms with Crippen LogP contribution in [-0.4, -0.2) is 22.5 Å². The lowest BCUT2D eigenvalue weighted by Crippen LogP contribution is -2.41. The first-order chi connectivity index (χ1) is 11.9. The van der Waals surface area contributed by atoms with Gasteiger partial charge in [-0.15, -0.1) is 0 Å². The number of benzene rings is 2. The molecule has 1 aliphatic heterocycles. The van der Waals surface area contributed by atoms with E-state index < -0.39 is 18.3 Å². The predicted molar refractivity (Wildman–Crippen MR) is 94.9 cm³/mol. The van der Waals surface area contributed by atoms with Gasteiger partial charge in [-0.3, -0.25) is 0 Å². The number of aliphatic hydroxyl groups excluding tert-OH is 1. The lowest BCUT2D eigenvalue weighted by Gasteiger charge is -2.34. The predicted octanol–water partition coefficient (Wildman–Crippen LogP) is 5.05. The molecule has 0 spiro atoms. The molecule has 25 heavy (non-hydrogen) atoms. The summed E-state index contributed by atoms with van der Waals surface area (Å²) in [7, 11) is 0. The van der Waals surface area contributed by atoms with Gasteiger partial charge in [0.1, 0.15) is 18.0 Å². The Morgan fingerprint density at radius 3 is 2.68 bits per heavy atom. The molecule has 1 N–H and O–H groups in total. The van der Waals surface area contributed by atoms with Crippen molar-refractivity contribution in [3.05, 3.63) is 51.0 Å². The number of hydrogen-bond acceptors (Lipinski definition) is 5. The zero-order valence-electron chi connectivity index (χ0n) is 12.9. The van der Waals surface area contributed by atoms with Crippen LogP contribution in [-0.2, 0) is 0 Å². The second kappa shape index (κ2) is 6.25. The number of halogens is 3. The molecule has 8 heteroatoms. The third-order valence-electron chi connectivity index (χ3n) is 4.10. The minimum absolute atomic E-state index is 0.252. The van der Waals surface area contributed by atoms with Crippen molar-refractivity contribution in [1.29, 1.82) is 0 Å². The third kappa shape index (κ3) is 2.91. The van der Waals surface area contributed by atoms with Crippen LogP contribution in [0.3, 0.4) is 0 Å². The Balaban J connectivity index is 1.77. The molecule has 2 heterocycles. The number of hydrogen-bond donors (Lipinski definition) is 1. The molecule has 0 saturated carbocycles. The number of rotatable bonds is 2. The van der Waals surface area contributed by atoms with Crippen LogP contribution in [0.25, 0.3) is 11.0 Å². The van der Waals surface area contributed by atoms with E-state index in [1.54, 1.807) is 37.3 Å². The second-order valence-electron chi connectivity index (χ2n) is 5.78. The first kappa shape index (κ1) is 16.8. The molecule has 0 radical (unpaired) electrons. The first-order valence-corrected chi connectivity index (χ1v) is 8.62. The fourth-order valence-corrected chi connectivity index (χ4v) is 3.28.